The number of thioether (sulfide) groups is 1. The Labute approximate surface area is 175 Å². The molecule has 1 heterocycles. The Morgan fingerprint density at radius 1 is 1.14 bits per heavy atom. The van der Waals surface area contributed by atoms with Gasteiger partial charge in [-0.25, -0.2) is 9.78 Å². The maximum atomic E-state index is 12.0. The molecule has 8 nitrogen and oxygen atoms in total. The van der Waals surface area contributed by atoms with Gasteiger partial charge in [-0.1, -0.05) is 29.1 Å². The van der Waals surface area contributed by atoms with Crippen molar-refractivity contribution in [3.8, 4) is 17.2 Å². The second kappa shape index (κ2) is 9.48. The SMILES string of the molecule is COc1cc(/C(N)=N/OC(=O)CSc2nc3ccccc3s2)cc(OC)c1OC. The molecule has 152 valence electrons. The number of ether oxygens (including phenoxy) is 3. The van der Waals surface area contributed by atoms with E-state index in [0.29, 0.717) is 22.8 Å². The molecular formula is C19H19N3O5S2. The molecule has 2 aromatic carbocycles. The highest BCUT2D eigenvalue weighted by atomic mass is 32.2. The maximum Gasteiger partial charge on any atom is 0.345 e. The van der Waals surface area contributed by atoms with E-state index >= 15 is 0 Å². The van der Waals surface area contributed by atoms with E-state index in [1.165, 1.54) is 44.4 Å². The normalized spacial score (nSPS) is 11.3. The molecule has 0 unspecified atom stereocenters. The largest absolute Gasteiger partial charge is 0.493 e. The molecule has 0 saturated carbocycles. The average Bonchev–Trinajstić information content (AvgIpc) is 3.17. The van der Waals surface area contributed by atoms with Gasteiger partial charge in [-0.05, 0) is 24.3 Å². The van der Waals surface area contributed by atoms with Crippen molar-refractivity contribution < 1.29 is 23.8 Å². The first-order valence-electron chi connectivity index (χ1n) is 8.37. The molecule has 1 aromatic heterocycles. The standard InChI is InChI=1S/C19H19N3O5S2/c1-24-13-8-11(9-14(25-2)17(13)26-3)18(20)22-27-16(23)10-28-19-21-12-6-4-5-7-15(12)29-19/h4-9H,10H2,1-3H3,(H2,20,22). The molecule has 29 heavy (non-hydrogen) atoms. The lowest BCUT2D eigenvalue weighted by atomic mass is 10.1. The predicted octanol–water partition coefficient (Wildman–Crippen LogP) is 3.28. The van der Waals surface area contributed by atoms with Gasteiger partial charge in [0.1, 0.15) is 5.75 Å². The molecule has 0 saturated heterocycles. The van der Waals surface area contributed by atoms with E-state index in [-0.39, 0.29) is 11.6 Å². The van der Waals surface area contributed by atoms with Crippen LogP contribution in [0.1, 0.15) is 5.56 Å². The molecule has 0 amide bonds. The Morgan fingerprint density at radius 2 is 1.83 bits per heavy atom. The van der Waals surface area contributed by atoms with Gasteiger partial charge in [0.25, 0.3) is 0 Å². The second-order valence-corrected chi connectivity index (χ2v) is 7.84. The minimum absolute atomic E-state index is 0.00240. The van der Waals surface area contributed by atoms with Gasteiger partial charge in [-0.15, -0.1) is 11.3 Å². The van der Waals surface area contributed by atoms with Gasteiger partial charge in [-0.2, -0.15) is 0 Å². The number of aromatic nitrogens is 1. The summed E-state index contributed by atoms with van der Waals surface area (Å²) >= 11 is 2.80. The first-order valence-corrected chi connectivity index (χ1v) is 10.2. The van der Waals surface area contributed by atoms with Crippen molar-refractivity contribution in [2.75, 3.05) is 27.1 Å². The number of carbonyl (C=O) groups excluding carboxylic acids is 1. The summed E-state index contributed by atoms with van der Waals surface area (Å²) in [6.45, 7) is 0. The van der Waals surface area contributed by atoms with Gasteiger partial charge < -0.3 is 24.8 Å². The number of nitrogens with two attached hydrogens (primary N) is 1. The zero-order chi connectivity index (χ0) is 20.8. The molecule has 0 fully saturated rings. The number of carbonyl (C=O) groups is 1. The van der Waals surface area contributed by atoms with Crippen LogP contribution in [0.3, 0.4) is 0 Å². The van der Waals surface area contributed by atoms with Crippen LogP contribution in [0.5, 0.6) is 17.2 Å². The third-order valence-corrected chi connectivity index (χ3v) is 5.95. The van der Waals surface area contributed by atoms with E-state index < -0.39 is 5.97 Å². The van der Waals surface area contributed by atoms with Crippen LogP contribution >= 0.6 is 23.1 Å². The molecule has 0 aliphatic heterocycles. The highest BCUT2D eigenvalue weighted by Gasteiger charge is 2.15. The van der Waals surface area contributed by atoms with E-state index in [2.05, 4.69) is 10.1 Å². The number of thiazole rings is 1. The van der Waals surface area contributed by atoms with Gasteiger partial charge in [0, 0.05) is 5.56 Å². The minimum Gasteiger partial charge on any atom is -0.493 e. The zero-order valence-electron chi connectivity index (χ0n) is 16.0. The molecule has 0 aliphatic carbocycles. The number of rotatable bonds is 8. The van der Waals surface area contributed by atoms with Gasteiger partial charge in [0.2, 0.25) is 5.75 Å². The Balaban J connectivity index is 1.64. The topological polar surface area (TPSA) is 105 Å². The van der Waals surface area contributed by atoms with E-state index in [1.807, 2.05) is 24.3 Å². The zero-order valence-corrected chi connectivity index (χ0v) is 17.6. The van der Waals surface area contributed by atoms with Crippen LogP contribution in [-0.4, -0.2) is 43.9 Å². The molecule has 0 aliphatic rings. The van der Waals surface area contributed by atoms with Crippen molar-refractivity contribution in [3.63, 3.8) is 0 Å². The molecule has 3 rings (SSSR count). The van der Waals surface area contributed by atoms with E-state index in [1.54, 1.807) is 12.1 Å². The average molecular weight is 434 g/mol. The molecule has 3 aromatic rings. The lowest BCUT2D eigenvalue weighted by Gasteiger charge is -2.13. The summed E-state index contributed by atoms with van der Waals surface area (Å²) in [7, 11) is 4.49. The van der Waals surface area contributed by atoms with Crippen LogP contribution in [0, 0.1) is 0 Å². The number of methoxy groups -OCH3 is 3. The molecule has 2 N–H and O–H groups in total. The van der Waals surface area contributed by atoms with Gasteiger partial charge >= 0.3 is 5.97 Å². The van der Waals surface area contributed by atoms with Crippen molar-refractivity contribution >= 4 is 45.1 Å². The maximum absolute atomic E-state index is 12.0. The number of hydrogen-bond acceptors (Lipinski definition) is 9. The van der Waals surface area contributed by atoms with Crippen molar-refractivity contribution in [3.05, 3.63) is 42.0 Å². The molecular weight excluding hydrogens is 414 g/mol. The summed E-state index contributed by atoms with van der Waals surface area (Å²) in [5, 5.41) is 3.72. The first kappa shape index (κ1) is 20.7. The fourth-order valence-corrected chi connectivity index (χ4v) is 4.28. The van der Waals surface area contributed by atoms with Crippen LogP contribution < -0.4 is 19.9 Å². The van der Waals surface area contributed by atoms with E-state index in [0.717, 1.165) is 14.6 Å². The smallest absolute Gasteiger partial charge is 0.345 e. The number of hydrogen-bond donors (Lipinski definition) is 1. The quantitative estimate of drug-likeness (QED) is 0.190. The Bertz CT molecular complexity index is 993. The summed E-state index contributed by atoms with van der Waals surface area (Å²) < 4.78 is 17.7. The minimum atomic E-state index is -0.537. The van der Waals surface area contributed by atoms with Gasteiger partial charge in [0.05, 0.1) is 31.5 Å². The molecule has 10 heteroatoms. The monoisotopic (exact) mass is 433 g/mol. The van der Waals surface area contributed by atoms with Crippen LogP contribution in [0.2, 0.25) is 0 Å². The Hall–Kier alpha value is -2.98. The summed E-state index contributed by atoms with van der Waals surface area (Å²) in [5.41, 5.74) is 7.31. The number of fused-ring (bicyclic) bond motifs is 1. The summed E-state index contributed by atoms with van der Waals surface area (Å²) in [6, 6.07) is 11.0. The molecule has 0 atom stereocenters. The summed E-state index contributed by atoms with van der Waals surface area (Å²) in [5.74, 6) is 0.782. The fraction of sp³-hybridized carbons (Fsp3) is 0.211. The lowest BCUT2D eigenvalue weighted by Crippen LogP contribution is -2.16. The molecule has 0 spiro atoms. The number of para-hydroxylation sites is 1. The molecule has 0 radical (unpaired) electrons. The van der Waals surface area contributed by atoms with Crippen LogP contribution in [0.4, 0.5) is 0 Å². The second-order valence-electron chi connectivity index (χ2n) is 5.59. The van der Waals surface area contributed by atoms with Crippen molar-refractivity contribution in [2.24, 2.45) is 10.9 Å². The highest BCUT2D eigenvalue weighted by Crippen LogP contribution is 2.38. The van der Waals surface area contributed by atoms with Crippen LogP contribution in [0.15, 0.2) is 45.9 Å². The number of amidine groups is 1. The highest BCUT2D eigenvalue weighted by molar-refractivity contribution is 8.01. The summed E-state index contributed by atoms with van der Waals surface area (Å²) in [6.07, 6.45) is 0. The van der Waals surface area contributed by atoms with Crippen LogP contribution in [0.25, 0.3) is 10.2 Å². The van der Waals surface area contributed by atoms with Gasteiger partial charge in [0.15, 0.2) is 21.7 Å². The number of benzene rings is 2. The third kappa shape index (κ3) is 4.90. The van der Waals surface area contributed by atoms with E-state index in [4.69, 9.17) is 24.8 Å². The third-order valence-electron chi connectivity index (χ3n) is 3.79. The predicted molar refractivity (Wildman–Crippen MR) is 113 cm³/mol. The lowest BCUT2D eigenvalue weighted by molar-refractivity contribution is -0.140. The van der Waals surface area contributed by atoms with Gasteiger partial charge in [-0.3, -0.25) is 0 Å². The Morgan fingerprint density at radius 3 is 2.45 bits per heavy atom. The Kier molecular flexibility index (Phi) is 6.78. The molecule has 0 bridgehead atoms. The number of oxime groups is 1. The van der Waals surface area contributed by atoms with Crippen molar-refractivity contribution in [2.45, 2.75) is 4.34 Å². The van der Waals surface area contributed by atoms with E-state index in [9.17, 15) is 4.79 Å². The fourth-order valence-electron chi connectivity index (χ4n) is 2.44. The number of nitrogens with zero attached hydrogens (tertiary/aromatic N) is 2. The van der Waals surface area contributed by atoms with Crippen LogP contribution in [-0.2, 0) is 9.63 Å². The van der Waals surface area contributed by atoms with Crippen molar-refractivity contribution in [1.29, 1.82) is 0 Å². The van der Waals surface area contributed by atoms with Crippen molar-refractivity contribution in [1.82, 2.24) is 4.98 Å². The summed E-state index contributed by atoms with van der Waals surface area (Å²) in [4.78, 5) is 21.4. The first-order chi connectivity index (χ1) is 14.0.